The van der Waals surface area contributed by atoms with E-state index in [2.05, 4.69) is 15.0 Å². The van der Waals surface area contributed by atoms with E-state index in [9.17, 15) is 23.1 Å². The number of nitrogens with two attached hydrogens (primary N) is 1. The molecule has 1 amide bonds. The number of hydrogen-bond donors (Lipinski definition) is 4. The molecule has 2 aliphatic rings. The number of carbonyl (C=O) groups is 2. The van der Waals surface area contributed by atoms with Gasteiger partial charge in [0.15, 0.2) is 0 Å². The van der Waals surface area contributed by atoms with E-state index in [1.54, 1.807) is 13.8 Å². The van der Waals surface area contributed by atoms with Gasteiger partial charge in [-0.05, 0) is 105 Å². The molecule has 0 saturated carbocycles. The Bertz CT molecular complexity index is 1820. The summed E-state index contributed by atoms with van der Waals surface area (Å²) in [5.41, 5.74) is 12.9. The van der Waals surface area contributed by atoms with E-state index in [4.69, 9.17) is 15.2 Å². The van der Waals surface area contributed by atoms with Gasteiger partial charge in [0.25, 0.3) is 10.0 Å². The summed E-state index contributed by atoms with van der Waals surface area (Å²) in [6.07, 6.45) is 1.04. The smallest absolute Gasteiger partial charge is 0.407 e. The molecule has 1 atom stereocenters. The molecule has 256 valence electrons. The van der Waals surface area contributed by atoms with Crippen LogP contribution in [0.15, 0.2) is 58.4 Å². The van der Waals surface area contributed by atoms with Crippen LogP contribution in [0, 0.1) is 20.8 Å². The van der Waals surface area contributed by atoms with Crippen molar-refractivity contribution in [2.75, 3.05) is 13.2 Å². The van der Waals surface area contributed by atoms with Crippen LogP contribution in [-0.2, 0) is 26.0 Å². The first-order valence-electron chi connectivity index (χ1n) is 16.2. The average molecular weight is 677 g/mol. The molecule has 12 heteroatoms. The highest BCUT2D eigenvalue weighted by Gasteiger charge is 2.34. The number of nitrogens with zero attached hydrogens (tertiary/aromatic N) is 1. The maximum Gasteiger partial charge on any atom is 0.407 e. The van der Waals surface area contributed by atoms with Gasteiger partial charge in [0, 0.05) is 18.5 Å². The molecule has 48 heavy (non-hydrogen) atoms. The minimum Gasteiger partial charge on any atom is -0.487 e. The van der Waals surface area contributed by atoms with Gasteiger partial charge in [0.1, 0.15) is 18.0 Å². The van der Waals surface area contributed by atoms with E-state index in [0.717, 1.165) is 45.6 Å². The summed E-state index contributed by atoms with van der Waals surface area (Å²) >= 11 is 0. The van der Waals surface area contributed by atoms with Crippen molar-refractivity contribution in [2.24, 2.45) is 10.7 Å². The Morgan fingerprint density at radius 1 is 1.04 bits per heavy atom. The number of fused-ring (bicyclic) bond motifs is 4. The zero-order valence-electron chi connectivity index (χ0n) is 28.1. The van der Waals surface area contributed by atoms with Crippen molar-refractivity contribution in [1.82, 2.24) is 10.0 Å². The number of carbonyl (C=O) groups excluding carboxylic acids is 1. The van der Waals surface area contributed by atoms with Crippen LogP contribution in [0.3, 0.4) is 0 Å². The highest BCUT2D eigenvalue weighted by atomic mass is 32.2. The van der Waals surface area contributed by atoms with E-state index in [0.29, 0.717) is 24.0 Å². The SMILES string of the molecule is Cc1c(C)c(S(=O)(=O)NC(N)=NCCC[C@H](CC(=O)O)NC(=O)OCC2c3ccccc3-c3ccccc32)c(C)c2c1OC(C)(C)CC2. The first-order valence-corrected chi connectivity index (χ1v) is 17.6. The maximum atomic E-state index is 13.5. The van der Waals surface area contributed by atoms with Gasteiger partial charge in [-0.2, -0.15) is 0 Å². The largest absolute Gasteiger partial charge is 0.487 e. The molecule has 0 fully saturated rings. The van der Waals surface area contributed by atoms with Gasteiger partial charge in [-0.25, -0.2) is 17.9 Å². The van der Waals surface area contributed by atoms with E-state index in [1.165, 1.54) is 0 Å². The molecule has 11 nitrogen and oxygen atoms in total. The number of hydrogen-bond acceptors (Lipinski definition) is 7. The van der Waals surface area contributed by atoms with Crippen molar-refractivity contribution >= 4 is 28.0 Å². The lowest BCUT2D eigenvalue weighted by Crippen LogP contribution is -2.39. The topological polar surface area (TPSA) is 169 Å². The number of nitrogens with one attached hydrogen (secondary N) is 2. The Kier molecular flexibility index (Phi) is 10.0. The van der Waals surface area contributed by atoms with E-state index < -0.39 is 28.1 Å². The minimum absolute atomic E-state index is 0.105. The van der Waals surface area contributed by atoms with Crippen LogP contribution < -0.4 is 20.5 Å². The number of rotatable bonds is 11. The Balaban J connectivity index is 1.17. The molecule has 5 rings (SSSR count). The monoisotopic (exact) mass is 676 g/mol. The third-order valence-corrected chi connectivity index (χ3v) is 10.9. The lowest BCUT2D eigenvalue weighted by atomic mass is 9.88. The zero-order valence-corrected chi connectivity index (χ0v) is 28.9. The second kappa shape index (κ2) is 13.9. The highest BCUT2D eigenvalue weighted by molar-refractivity contribution is 7.90. The number of aliphatic carboxylic acids is 1. The third-order valence-electron chi connectivity index (χ3n) is 9.25. The molecule has 3 aromatic carbocycles. The van der Waals surface area contributed by atoms with Crippen LogP contribution in [0.4, 0.5) is 4.79 Å². The lowest BCUT2D eigenvalue weighted by molar-refractivity contribution is -0.137. The van der Waals surface area contributed by atoms with E-state index >= 15 is 0 Å². The Labute approximate surface area is 282 Å². The molecule has 0 unspecified atom stereocenters. The standard InChI is InChI=1S/C36H44N4O7S/c1-21-22(2)33(23(3)25-16-17-36(4,5)47-32(21)25)48(44,45)40-34(37)38-18-10-11-24(19-31(41)42)39-35(43)46-20-30-28-14-8-6-12-26(28)27-13-7-9-15-29(27)30/h6-9,12-15,24,30H,10-11,16-20H2,1-5H3,(H,39,43)(H,41,42)(H3,37,38,40)/t24-/m1/s1. The first kappa shape index (κ1) is 34.7. The summed E-state index contributed by atoms with van der Waals surface area (Å²) in [5.74, 6) is -0.736. The molecule has 0 radical (unpaired) electrons. The van der Waals surface area contributed by atoms with Crippen LogP contribution in [0.25, 0.3) is 11.1 Å². The number of aliphatic imine (C=N–C) groups is 1. The van der Waals surface area contributed by atoms with E-state index in [-0.39, 0.29) is 48.4 Å². The number of alkyl carbamates (subject to hydrolysis) is 1. The number of carboxylic acid groups (broad SMARTS) is 1. The van der Waals surface area contributed by atoms with Gasteiger partial charge >= 0.3 is 12.1 Å². The predicted molar refractivity (Wildman–Crippen MR) is 184 cm³/mol. The maximum absolute atomic E-state index is 13.5. The van der Waals surface area contributed by atoms with Gasteiger partial charge in [-0.3, -0.25) is 9.79 Å². The molecular formula is C36H44N4O7S. The summed E-state index contributed by atoms with van der Waals surface area (Å²) in [6, 6.07) is 15.3. The van der Waals surface area contributed by atoms with Gasteiger partial charge in [-0.15, -0.1) is 0 Å². The van der Waals surface area contributed by atoms with Gasteiger partial charge in [-0.1, -0.05) is 48.5 Å². The molecule has 0 bridgehead atoms. The van der Waals surface area contributed by atoms with Crippen molar-refractivity contribution in [2.45, 2.75) is 89.2 Å². The fraction of sp³-hybridized carbons (Fsp3) is 0.417. The van der Waals surface area contributed by atoms with E-state index in [1.807, 2.05) is 69.3 Å². The fourth-order valence-electron chi connectivity index (χ4n) is 6.75. The van der Waals surface area contributed by atoms with Crippen molar-refractivity contribution < 1.29 is 32.6 Å². The third kappa shape index (κ3) is 7.43. The summed E-state index contributed by atoms with van der Waals surface area (Å²) in [7, 11) is -4.05. The van der Waals surface area contributed by atoms with Crippen LogP contribution >= 0.6 is 0 Å². The number of carboxylic acids is 1. The Hall–Kier alpha value is -4.58. The molecule has 0 aromatic heterocycles. The summed E-state index contributed by atoms with van der Waals surface area (Å²) < 4.78 is 41.2. The van der Waals surface area contributed by atoms with Gasteiger partial charge < -0.3 is 25.6 Å². The molecule has 1 aliphatic heterocycles. The molecule has 0 saturated heterocycles. The fourth-order valence-corrected chi connectivity index (χ4v) is 8.28. The summed E-state index contributed by atoms with van der Waals surface area (Å²) in [4.78, 5) is 28.7. The second-order valence-electron chi connectivity index (χ2n) is 13.2. The molecule has 1 heterocycles. The normalized spacial score (nSPS) is 15.8. The summed E-state index contributed by atoms with van der Waals surface area (Å²) in [5, 5.41) is 12.1. The first-order chi connectivity index (χ1) is 22.7. The van der Waals surface area contributed by atoms with Crippen molar-refractivity contribution in [3.8, 4) is 16.9 Å². The Morgan fingerprint density at radius 3 is 2.29 bits per heavy atom. The zero-order chi connectivity index (χ0) is 34.8. The van der Waals surface area contributed by atoms with Crippen LogP contribution in [0.2, 0.25) is 0 Å². The number of sulfonamides is 1. The molecule has 5 N–H and O–H groups in total. The second-order valence-corrected chi connectivity index (χ2v) is 14.8. The number of ether oxygens (including phenoxy) is 2. The minimum atomic E-state index is -4.05. The highest BCUT2D eigenvalue weighted by Crippen LogP contribution is 2.45. The number of guanidine groups is 1. The van der Waals surface area contributed by atoms with Crippen molar-refractivity contribution in [3.05, 3.63) is 81.9 Å². The van der Waals surface area contributed by atoms with Gasteiger partial charge in [0.2, 0.25) is 5.96 Å². The van der Waals surface area contributed by atoms with Crippen LogP contribution in [0.1, 0.15) is 78.8 Å². The molecule has 1 aliphatic carbocycles. The molecule has 0 spiro atoms. The molecule has 3 aromatic rings. The van der Waals surface area contributed by atoms with Crippen molar-refractivity contribution in [3.63, 3.8) is 0 Å². The van der Waals surface area contributed by atoms with Gasteiger partial charge in [0.05, 0.1) is 11.3 Å². The predicted octanol–water partition coefficient (Wildman–Crippen LogP) is 5.47. The number of amides is 1. The lowest BCUT2D eigenvalue weighted by Gasteiger charge is -2.35. The summed E-state index contributed by atoms with van der Waals surface area (Å²) in [6.45, 7) is 9.64. The quantitative estimate of drug-likeness (QED) is 0.118. The molecular weight excluding hydrogens is 632 g/mol. The Morgan fingerprint density at radius 2 is 1.67 bits per heavy atom. The van der Waals surface area contributed by atoms with Crippen molar-refractivity contribution in [1.29, 1.82) is 0 Å². The van der Waals surface area contributed by atoms with Crippen LogP contribution in [0.5, 0.6) is 5.75 Å². The van der Waals surface area contributed by atoms with Crippen LogP contribution in [-0.4, -0.2) is 56.3 Å². The average Bonchev–Trinajstić information content (AvgIpc) is 3.33. The number of benzene rings is 3.